The summed E-state index contributed by atoms with van der Waals surface area (Å²) in [7, 11) is 0. The third kappa shape index (κ3) is 6.11. The van der Waals surface area contributed by atoms with E-state index in [4.69, 9.17) is 27.9 Å². The predicted molar refractivity (Wildman–Crippen MR) is 119 cm³/mol. The molecule has 0 atom stereocenters. The first kappa shape index (κ1) is 21.9. The number of nitrogens with zero attached hydrogens (tertiary/aromatic N) is 1. The molecule has 0 aromatic heterocycles. The molecule has 156 valence electrons. The van der Waals surface area contributed by atoms with Gasteiger partial charge in [0.1, 0.15) is 12.4 Å². The Morgan fingerprint density at radius 3 is 2.62 bits per heavy atom. The van der Waals surface area contributed by atoms with Crippen molar-refractivity contribution in [3.05, 3.63) is 63.1 Å². The van der Waals surface area contributed by atoms with Crippen LogP contribution in [0.15, 0.2) is 36.4 Å². The van der Waals surface area contributed by atoms with Crippen molar-refractivity contribution < 1.29 is 9.53 Å². The van der Waals surface area contributed by atoms with Crippen molar-refractivity contribution in [3.63, 3.8) is 0 Å². The van der Waals surface area contributed by atoms with Crippen LogP contribution in [0.1, 0.15) is 29.5 Å². The third-order valence-corrected chi connectivity index (χ3v) is 6.39. The number of ether oxygens (including phenoxy) is 1. The van der Waals surface area contributed by atoms with Crippen molar-refractivity contribution in [2.75, 3.05) is 26.2 Å². The quantitative estimate of drug-likeness (QED) is 0.622. The molecule has 1 aliphatic heterocycles. The van der Waals surface area contributed by atoms with E-state index in [1.165, 1.54) is 11.1 Å². The lowest BCUT2D eigenvalue weighted by Gasteiger charge is -2.31. The van der Waals surface area contributed by atoms with Crippen LogP contribution in [0.2, 0.25) is 10.0 Å². The Morgan fingerprint density at radius 1 is 1.14 bits per heavy atom. The number of carbonyl (C=O) groups excluding carboxylic acids is 1. The van der Waals surface area contributed by atoms with Crippen molar-refractivity contribution >= 4 is 29.1 Å². The van der Waals surface area contributed by atoms with Crippen LogP contribution in [0.4, 0.5) is 0 Å². The smallest absolute Gasteiger partial charge is 0.223 e. The zero-order valence-electron chi connectivity index (χ0n) is 17.0. The Hall–Kier alpha value is -1.75. The molecule has 1 amide bonds. The SMILES string of the molecule is Cc1ccc(OCCNC(=O)C2CCN(Cc3cccc(Cl)c3Cl)CC2)cc1C. The van der Waals surface area contributed by atoms with Gasteiger partial charge in [-0.2, -0.15) is 0 Å². The number of aryl methyl sites for hydroxylation is 2. The average molecular weight is 435 g/mol. The second-order valence-electron chi connectivity index (χ2n) is 7.65. The Balaban J connectivity index is 1.37. The van der Waals surface area contributed by atoms with Crippen molar-refractivity contribution in [2.45, 2.75) is 33.2 Å². The van der Waals surface area contributed by atoms with Gasteiger partial charge in [0, 0.05) is 12.5 Å². The molecule has 3 rings (SSSR count). The van der Waals surface area contributed by atoms with Crippen LogP contribution in [-0.2, 0) is 11.3 Å². The molecule has 1 aliphatic rings. The van der Waals surface area contributed by atoms with E-state index in [1.807, 2.05) is 30.3 Å². The molecule has 1 fully saturated rings. The summed E-state index contributed by atoms with van der Waals surface area (Å²) in [4.78, 5) is 14.8. The van der Waals surface area contributed by atoms with Gasteiger partial charge in [-0.15, -0.1) is 0 Å². The minimum Gasteiger partial charge on any atom is -0.492 e. The fraction of sp³-hybridized carbons (Fsp3) is 0.435. The molecule has 29 heavy (non-hydrogen) atoms. The minimum atomic E-state index is 0.0581. The van der Waals surface area contributed by atoms with Gasteiger partial charge in [-0.05, 0) is 74.7 Å². The summed E-state index contributed by atoms with van der Waals surface area (Å²) in [6.07, 6.45) is 1.70. The number of halogens is 2. The standard InChI is InChI=1S/C23H28Cl2N2O2/c1-16-6-7-20(14-17(16)2)29-13-10-26-23(28)18-8-11-27(12-9-18)15-19-4-3-5-21(24)22(19)25/h3-7,14,18H,8-13,15H2,1-2H3,(H,26,28). The number of rotatable bonds is 7. The van der Waals surface area contributed by atoms with E-state index in [0.717, 1.165) is 43.8 Å². The van der Waals surface area contributed by atoms with E-state index in [-0.39, 0.29) is 11.8 Å². The van der Waals surface area contributed by atoms with Gasteiger partial charge < -0.3 is 10.1 Å². The molecule has 2 aromatic carbocycles. The highest BCUT2D eigenvalue weighted by Crippen LogP contribution is 2.28. The Kier molecular flexibility index (Phi) is 7.82. The molecule has 4 nitrogen and oxygen atoms in total. The van der Waals surface area contributed by atoms with Gasteiger partial charge >= 0.3 is 0 Å². The monoisotopic (exact) mass is 434 g/mol. The van der Waals surface area contributed by atoms with E-state index < -0.39 is 0 Å². The molecule has 1 heterocycles. The second-order valence-corrected chi connectivity index (χ2v) is 8.43. The fourth-order valence-corrected chi connectivity index (χ4v) is 3.94. The van der Waals surface area contributed by atoms with E-state index in [9.17, 15) is 4.79 Å². The van der Waals surface area contributed by atoms with Gasteiger partial charge in [-0.3, -0.25) is 9.69 Å². The number of piperidine rings is 1. The maximum atomic E-state index is 12.4. The first-order valence-electron chi connectivity index (χ1n) is 10.1. The molecule has 0 aliphatic carbocycles. The fourth-order valence-electron chi connectivity index (χ4n) is 3.56. The summed E-state index contributed by atoms with van der Waals surface area (Å²) < 4.78 is 5.74. The van der Waals surface area contributed by atoms with E-state index in [0.29, 0.717) is 23.2 Å². The molecule has 0 radical (unpaired) electrons. The highest BCUT2D eigenvalue weighted by molar-refractivity contribution is 6.42. The van der Waals surface area contributed by atoms with Gasteiger partial charge in [-0.1, -0.05) is 41.4 Å². The zero-order valence-corrected chi connectivity index (χ0v) is 18.5. The number of carbonyl (C=O) groups is 1. The molecular weight excluding hydrogens is 407 g/mol. The lowest BCUT2D eigenvalue weighted by atomic mass is 9.95. The van der Waals surface area contributed by atoms with Crippen LogP contribution < -0.4 is 10.1 Å². The summed E-state index contributed by atoms with van der Waals surface area (Å²) in [5.41, 5.74) is 3.48. The molecular formula is C23H28Cl2N2O2. The van der Waals surface area contributed by atoms with E-state index in [1.54, 1.807) is 6.07 Å². The number of benzene rings is 2. The summed E-state index contributed by atoms with van der Waals surface area (Å²) in [5, 5.41) is 4.22. The maximum absolute atomic E-state index is 12.4. The normalized spacial score (nSPS) is 15.3. The number of amides is 1. The van der Waals surface area contributed by atoms with E-state index in [2.05, 4.69) is 24.1 Å². The van der Waals surface area contributed by atoms with Crippen LogP contribution in [0, 0.1) is 19.8 Å². The first-order valence-corrected chi connectivity index (χ1v) is 10.8. The topological polar surface area (TPSA) is 41.6 Å². The molecule has 2 aromatic rings. The van der Waals surface area contributed by atoms with Crippen LogP contribution in [0.25, 0.3) is 0 Å². The highest BCUT2D eigenvalue weighted by atomic mass is 35.5. The Bertz CT molecular complexity index is 849. The number of hydrogen-bond donors (Lipinski definition) is 1. The van der Waals surface area contributed by atoms with Crippen LogP contribution in [-0.4, -0.2) is 37.0 Å². The lowest BCUT2D eigenvalue weighted by Crippen LogP contribution is -2.41. The molecule has 0 bridgehead atoms. The van der Waals surface area contributed by atoms with Crippen molar-refractivity contribution in [1.82, 2.24) is 10.2 Å². The Morgan fingerprint density at radius 2 is 1.90 bits per heavy atom. The average Bonchev–Trinajstić information content (AvgIpc) is 2.72. The van der Waals surface area contributed by atoms with Crippen LogP contribution in [0.3, 0.4) is 0 Å². The van der Waals surface area contributed by atoms with E-state index >= 15 is 0 Å². The molecule has 0 saturated carbocycles. The summed E-state index contributed by atoms with van der Waals surface area (Å²) in [6, 6.07) is 11.8. The number of likely N-dealkylation sites (tertiary alicyclic amines) is 1. The lowest BCUT2D eigenvalue weighted by molar-refractivity contribution is -0.126. The number of hydrogen-bond acceptors (Lipinski definition) is 3. The summed E-state index contributed by atoms with van der Waals surface area (Å²) in [6.45, 7) is 7.65. The van der Waals surface area contributed by atoms with Crippen LogP contribution >= 0.6 is 23.2 Å². The summed E-state index contributed by atoms with van der Waals surface area (Å²) >= 11 is 12.4. The predicted octanol–water partition coefficient (Wildman–Crippen LogP) is 5.02. The van der Waals surface area contributed by atoms with Gasteiger partial charge in [0.15, 0.2) is 0 Å². The zero-order chi connectivity index (χ0) is 20.8. The highest BCUT2D eigenvalue weighted by Gasteiger charge is 2.25. The van der Waals surface area contributed by atoms with Crippen molar-refractivity contribution in [1.29, 1.82) is 0 Å². The molecule has 6 heteroatoms. The van der Waals surface area contributed by atoms with Crippen molar-refractivity contribution in [2.24, 2.45) is 5.92 Å². The van der Waals surface area contributed by atoms with Gasteiger partial charge in [0.25, 0.3) is 0 Å². The first-order chi connectivity index (χ1) is 13.9. The molecule has 0 spiro atoms. The molecule has 0 unspecified atom stereocenters. The molecule has 1 saturated heterocycles. The summed E-state index contributed by atoms with van der Waals surface area (Å²) in [5.74, 6) is 1.02. The van der Waals surface area contributed by atoms with Crippen LogP contribution in [0.5, 0.6) is 5.75 Å². The Labute approximate surface area is 183 Å². The van der Waals surface area contributed by atoms with Gasteiger partial charge in [-0.25, -0.2) is 0 Å². The maximum Gasteiger partial charge on any atom is 0.223 e. The number of nitrogens with one attached hydrogen (secondary N) is 1. The third-order valence-electron chi connectivity index (χ3n) is 5.53. The van der Waals surface area contributed by atoms with Gasteiger partial charge in [0.05, 0.1) is 16.6 Å². The second kappa shape index (κ2) is 10.3. The largest absolute Gasteiger partial charge is 0.492 e. The van der Waals surface area contributed by atoms with Crippen molar-refractivity contribution in [3.8, 4) is 5.75 Å². The molecule has 1 N–H and O–H groups in total. The minimum absolute atomic E-state index is 0.0581. The van der Waals surface area contributed by atoms with Gasteiger partial charge in [0.2, 0.25) is 5.91 Å².